The third-order valence-electron chi connectivity index (χ3n) is 3.16. The van der Waals surface area contributed by atoms with Crippen LogP contribution in [0.1, 0.15) is 26.3 Å². The predicted molar refractivity (Wildman–Crippen MR) is 90.9 cm³/mol. The Morgan fingerprint density at radius 2 is 1.64 bits per heavy atom. The molecule has 0 spiro atoms. The lowest BCUT2D eigenvalue weighted by Gasteiger charge is -2.18. The largest absolute Gasteiger partial charge is 0.289 e. The number of carbonyl (C=O) groups excluding carboxylic acids is 1. The molecule has 0 aromatic heterocycles. The minimum absolute atomic E-state index is 0.0474. The smallest absolute Gasteiger partial charge is 0.282 e. The van der Waals surface area contributed by atoms with Crippen LogP contribution in [-0.2, 0) is 20.2 Å². The maximum atomic E-state index is 12.3. The van der Waals surface area contributed by atoms with Gasteiger partial charge in [-0.1, -0.05) is 32.9 Å². The molecule has 0 radical (unpaired) electrons. The summed E-state index contributed by atoms with van der Waals surface area (Å²) in [7, 11) is -3.80. The maximum absolute atomic E-state index is 12.3. The Morgan fingerprint density at radius 3 is 2.14 bits per heavy atom. The van der Waals surface area contributed by atoms with Crippen LogP contribution in [0.3, 0.4) is 0 Å². The first-order valence-electron chi connectivity index (χ1n) is 6.65. The number of hydrogen-bond acceptors (Lipinski definition) is 3. The van der Waals surface area contributed by atoms with Crippen molar-refractivity contribution in [3.8, 4) is 0 Å². The van der Waals surface area contributed by atoms with Crippen molar-refractivity contribution in [3.05, 3.63) is 52.5 Å². The summed E-state index contributed by atoms with van der Waals surface area (Å²) in [5.74, 6) is -0.217. The van der Waals surface area contributed by atoms with Gasteiger partial charge in [0.15, 0.2) is 5.78 Å². The monoisotopic (exact) mass is 381 g/mol. The van der Waals surface area contributed by atoms with Crippen LogP contribution in [0.25, 0.3) is 0 Å². The lowest BCUT2D eigenvalue weighted by Crippen LogP contribution is -2.11. The number of benzene rings is 1. The van der Waals surface area contributed by atoms with Crippen LogP contribution in [0.15, 0.2) is 56.3 Å². The van der Waals surface area contributed by atoms with Gasteiger partial charge in [0, 0.05) is 0 Å². The average Bonchev–Trinajstić information content (AvgIpc) is 2.42. The SMILES string of the molecule is CC(C)(C)c1ccc(S(=O)(=O)/N=C2\C=CC(=O)C(Br)=C2)cc1. The second kappa shape index (κ2) is 5.93. The highest BCUT2D eigenvalue weighted by Crippen LogP contribution is 2.24. The summed E-state index contributed by atoms with van der Waals surface area (Å²) in [5.41, 5.74) is 1.21. The van der Waals surface area contributed by atoms with E-state index in [4.69, 9.17) is 0 Å². The fraction of sp³-hybridized carbons (Fsp3) is 0.250. The highest BCUT2D eigenvalue weighted by Gasteiger charge is 2.18. The Kier molecular flexibility index (Phi) is 4.54. The highest BCUT2D eigenvalue weighted by atomic mass is 79.9. The molecule has 1 aliphatic carbocycles. The second-order valence-electron chi connectivity index (χ2n) is 5.96. The molecule has 4 nitrogen and oxygen atoms in total. The van der Waals surface area contributed by atoms with Crippen molar-refractivity contribution >= 4 is 37.4 Å². The van der Waals surface area contributed by atoms with Crippen LogP contribution in [0.2, 0.25) is 0 Å². The molecule has 0 N–H and O–H groups in total. The molecule has 0 bridgehead atoms. The summed E-state index contributed by atoms with van der Waals surface area (Å²) >= 11 is 3.07. The van der Waals surface area contributed by atoms with E-state index in [1.807, 2.05) is 0 Å². The Bertz CT molecular complexity index is 795. The van der Waals surface area contributed by atoms with Gasteiger partial charge in [0.1, 0.15) is 0 Å². The van der Waals surface area contributed by atoms with Crippen LogP contribution >= 0.6 is 15.9 Å². The molecule has 2 rings (SSSR count). The number of ketones is 1. The lowest BCUT2D eigenvalue weighted by atomic mass is 9.87. The molecular weight excluding hydrogens is 366 g/mol. The van der Waals surface area contributed by atoms with Crippen molar-refractivity contribution in [3.63, 3.8) is 0 Å². The summed E-state index contributed by atoms with van der Waals surface area (Å²) in [4.78, 5) is 11.4. The minimum Gasteiger partial charge on any atom is -0.289 e. The second-order valence-corrected chi connectivity index (χ2v) is 8.41. The molecule has 0 saturated carbocycles. The average molecular weight is 382 g/mol. The first kappa shape index (κ1) is 16.8. The summed E-state index contributed by atoms with van der Waals surface area (Å²) in [6.07, 6.45) is 4.05. The zero-order chi connectivity index (χ0) is 16.5. The first-order chi connectivity index (χ1) is 10.1. The quantitative estimate of drug-likeness (QED) is 0.735. The van der Waals surface area contributed by atoms with E-state index in [-0.39, 0.29) is 26.3 Å². The van der Waals surface area contributed by atoms with Gasteiger partial charge in [-0.3, -0.25) is 4.79 Å². The third-order valence-corrected chi connectivity index (χ3v) is 5.10. The van der Waals surface area contributed by atoms with Crippen LogP contribution in [0.5, 0.6) is 0 Å². The Labute approximate surface area is 138 Å². The van der Waals surface area contributed by atoms with Gasteiger partial charge in [-0.05, 0) is 57.3 Å². The number of rotatable bonds is 2. The van der Waals surface area contributed by atoms with Crippen molar-refractivity contribution in [2.24, 2.45) is 4.40 Å². The lowest BCUT2D eigenvalue weighted by molar-refractivity contribution is -0.110. The van der Waals surface area contributed by atoms with Crippen LogP contribution in [0.4, 0.5) is 0 Å². The first-order valence-corrected chi connectivity index (χ1v) is 8.88. The topological polar surface area (TPSA) is 63.6 Å². The molecule has 0 unspecified atom stereocenters. The third kappa shape index (κ3) is 3.81. The zero-order valence-electron chi connectivity index (χ0n) is 12.5. The number of hydrogen-bond donors (Lipinski definition) is 0. The molecule has 0 fully saturated rings. The fourth-order valence-electron chi connectivity index (χ4n) is 1.86. The molecule has 0 saturated heterocycles. The van der Waals surface area contributed by atoms with Gasteiger partial charge in [-0.2, -0.15) is 12.8 Å². The molecule has 0 heterocycles. The molecule has 0 atom stereocenters. The molecule has 6 heteroatoms. The standard InChI is InChI=1S/C16H16BrNO3S/c1-16(2,3)11-4-7-13(8-5-11)22(20,21)18-12-6-9-15(19)14(17)10-12/h4-10H,1-3H3/b18-12+. The van der Waals surface area contributed by atoms with E-state index in [9.17, 15) is 13.2 Å². The predicted octanol–water partition coefficient (Wildman–Crippen LogP) is 3.53. The van der Waals surface area contributed by atoms with E-state index in [0.29, 0.717) is 0 Å². The number of allylic oxidation sites excluding steroid dienone is 4. The van der Waals surface area contributed by atoms with E-state index in [0.717, 1.165) is 5.56 Å². The van der Waals surface area contributed by atoms with Crippen LogP contribution in [-0.4, -0.2) is 19.9 Å². The molecular formula is C16H16BrNO3S. The summed E-state index contributed by atoms with van der Waals surface area (Å²) in [6.45, 7) is 6.18. The van der Waals surface area contributed by atoms with Crippen molar-refractivity contribution in [2.75, 3.05) is 0 Å². The molecule has 1 aromatic carbocycles. The minimum atomic E-state index is -3.80. The maximum Gasteiger partial charge on any atom is 0.282 e. The normalized spacial score (nSPS) is 17.7. The van der Waals surface area contributed by atoms with Gasteiger partial charge in [0.25, 0.3) is 10.0 Å². The van der Waals surface area contributed by atoms with E-state index in [2.05, 4.69) is 41.1 Å². The molecule has 1 aromatic rings. The van der Waals surface area contributed by atoms with Gasteiger partial charge in [-0.25, -0.2) is 0 Å². The molecule has 116 valence electrons. The van der Waals surface area contributed by atoms with Gasteiger partial charge in [0.05, 0.1) is 15.1 Å². The van der Waals surface area contributed by atoms with Gasteiger partial charge in [0.2, 0.25) is 0 Å². The Morgan fingerprint density at radius 1 is 1.05 bits per heavy atom. The summed E-state index contributed by atoms with van der Waals surface area (Å²) < 4.78 is 28.6. The van der Waals surface area contributed by atoms with E-state index in [1.165, 1.54) is 18.2 Å². The van der Waals surface area contributed by atoms with Crippen molar-refractivity contribution in [1.82, 2.24) is 0 Å². The van der Waals surface area contributed by atoms with Crippen molar-refractivity contribution in [1.29, 1.82) is 0 Å². The van der Waals surface area contributed by atoms with Gasteiger partial charge >= 0.3 is 0 Å². The van der Waals surface area contributed by atoms with Crippen molar-refractivity contribution < 1.29 is 13.2 Å². The van der Waals surface area contributed by atoms with E-state index in [1.54, 1.807) is 24.3 Å². The number of sulfonamides is 1. The number of nitrogens with zero attached hydrogens (tertiary/aromatic N) is 1. The summed E-state index contributed by atoms with van der Waals surface area (Å²) in [5, 5.41) is 0. The fourth-order valence-corrected chi connectivity index (χ4v) is 3.21. The van der Waals surface area contributed by atoms with Crippen LogP contribution in [0, 0.1) is 0 Å². The van der Waals surface area contributed by atoms with E-state index < -0.39 is 10.0 Å². The van der Waals surface area contributed by atoms with Crippen LogP contribution < -0.4 is 0 Å². The number of halogens is 1. The zero-order valence-corrected chi connectivity index (χ0v) is 14.9. The van der Waals surface area contributed by atoms with E-state index >= 15 is 0 Å². The Hall–Kier alpha value is -1.53. The number of carbonyl (C=O) groups is 1. The molecule has 1 aliphatic rings. The van der Waals surface area contributed by atoms with Crippen molar-refractivity contribution in [2.45, 2.75) is 31.1 Å². The molecule has 0 amide bonds. The van der Waals surface area contributed by atoms with Gasteiger partial charge < -0.3 is 0 Å². The van der Waals surface area contributed by atoms with Gasteiger partial charge in [-0.15, -0.1) is 0 Å². The Balaban J connectivity index is 2.36. The molecule has 0 aliphatic heterocycles. The molecule has 22 heavy (non-hydrogen) atoms. The summed E-state index contributed by atoms with van der Waals surface area (Å²) in [6, 6.07) is 6.69. The highest BCUT2D eigenvalue weighted by molar-refractivity contribution is 9.12.